The first-order chi connectivity index (χ1) is 7.65. The molecule has 1 unspecified atom stereocenters. The van der Waals surface area contributed by atoms with Gasteiger partial charge in [0.05, 0.1) is 6.61 Å². The van der Waals surface area contributed by atoms with Gasteiger partial charge in [-0.1, -0.05) is 32.5 Å². The van der Waals surface area contributed by atoms with Crippen molar-refractivity contribution in [3.05, 3.63) is 18.1 Å². The lowest BCUT2D eigenvalue weighted by Crippen LogP contribution is -2.17. The van der Waals surface area contributed by atoms with Crippen LogP contribution in [0.25, 0.3) is 0 Å². The molecule has 4 nitrogen and oxygen atoms in total. The second-order valence-electron chi connectivity index (χ2n) is 3.78. The van der Waals surface area contributed by atoms with Gasteiger partial charge >= 0.3 is 0 Å². The van der Waals surface area contributed by atoms with Crippen LogP contribution in [0.15, 0.2) is 12.4 Å². The Labute approximate surface area is 101 Å². The predicted molar refractivity (Wildman–Crippen MR) is 67.5 cm³/mol. The van der Waals surface area contributed by atoms with Crippen molar-refractivity contribution in [2.75, 3.05) is 6.61 Å². The van der Waals surface area contributed by atoms with E-state index in [9.17, 15) is 0 Å². The zero-order valence-corrected chi connectivity index (χ0v) is 10.5. The summed E-state index contributed by atoms with van der Waals surface area (Å²) in [4.78, 5) is 8.34. The number of ether oxygens (including phenoxy) is 1. The van der Waals surface area contributed by atoms with Crippen LogP contribution in [-0.4, -0.2) is 21.6 Å². The van der Waals surface area contributed by atoms with Crippen LogP contribution in [0.1, 0.15) is 32.4 Å². The van der Waals surface area contributed by atoms with Crippen LogP contribution in [0.4, 0.5) is 0 Å². The molecule has 1 rings (SSSR count). The molecule has 0 aliphatic heterocycles. The number of hydrogen-bond donors (Lipinski definition) is 1. The van der Waals surface area contributed by atoms with E-state index in [1.165, 1.54) is 0 Å². The fourth-order valence-electron chi connectivity index (χ4n) is 1.40. The van der Waals surface area contributed by atoms with E-state index in [4.69, 9.17) is 22.7 Å². The normalized spacial score (nSPS) is 12.1. The topological polar surface area (TPSA) is 61.0 Å². The maximum atomic E-state index is 5.57. The summed E-state index contributed by atoms with van der Waals surface area (Å²) in [6.07, 6.45) is 5.40. The second kappa shape index (κ2) is 6.37. The number of thiocarbonyl (C=S) groups is 1. The van der Waals surface area contributed by atoms with Crippen LogP contribution in [0.3, 0.4) is 0 Å². The molecule has 1 heterocycles. The van der Waals surface area contributed by atoms with Gasteiger partial charge in [-0.25, -0.2) is 9.97 Å². The van der Waals surface area contributed by atoms with Gasteiger partial charge in [0, 0.05) is 12.4 Å². The van der Waals surface area contributed by atoms with Crippen LogP contribution in [0.2, 0.25) is 0 Å². The lowest BCUT2D eigenvalue weighted by Gasteiger charge is -2.12. The summed E-state index contributed by atoms with van der Waals surface area (Å²) in [5.41, 5.74) is 5.99. The summed E-state index contributed by atoms with van der Waals surface area (Å²) in [5.74, 6) is 0.921. The fraction of sp³-hybridized carbons (Fsp3) is 0.545. The Morgan fingerprint density at radius 3 is 2.81 bits per heavy atom. The third kappa shape index (κ3) is 3.73. The summed E-state index contributed by atoms with van der Waals surface area (Å²) >= 11 is 4.88. The van der Waals surface area contributed by atoms with Crippen molar-refractivity contribution in [3.63, 3.8) is 0 Å². The van der Waals surface area contributed by atoms with Gasteiger partial charge in [-0.2, -0.15) is 0 Å². The van der Waals surface area contributed by atoms with Gasteiger partial charge in [0.25, 0.3) is 0 Å². The molecule has 0 spiro atoms. The highest BCUT2D eigenvalue weighted by Crippen LogP contribution is 2.13. The van der Waals surface area contributed by atoms with Crippen LogP contribution in [-0.2, 0) is 0 Å². The Kier molecular flexibility index (Phi) is 5.11. The number of hydrogen-bond acceptors (Lipinski definition) is 4. The van der Waals surface area contributed by atoms with Crippen LogP contribution >= 0.6 is 12.2 Å². The van der Waals surface area contributed by atoms with Crippen molar-refractivity contribution in [2.45, 2.75) is 26.7 Å². The largest absolute Gasteiger partial charge is 0.476 e. The smallest absolute Gasteiger partial charge is 0.243 e. The third-order valence-electron chi connectivity index (χ3n) is 2.18. The Morgan fingerprint density at radius 2 is 2.19 bits per heavy atom. The Morgan fingerprint density at radius 1 is 1.50 bits per heavy atom. The summed E-state index contributed by atoms with van der Waals surface area (Å²) < 4.78 is 5.57. The molecule has 0 aromatic carbocycles. The molecule has 0 saturated heterocycles. The maximum absolute atomic E-state index is 5.57. The highest BCUT2D eigenvalue weighted by atomic mass is 32.1. The summed E-state index contributed by atoms with van der Waals surface area (Å²) in [7, 11) is 0. The summed E-state index contributed by atoms with van der Waals surface area (Å²) in [5, 5.41) is 0. The Balaban J connectivity index is 2.63. The molecular weight excluding hydrogens is 222 g/mol. The summed E-state index contributed by atoms with van der Waals surface area (Å²) in [6, 6.07) is 0. The highest BCUT2D eigenvalue weighted by Gasteiger charge is 2.10. The minimum atomic E-state index is 0.214. The van der Waals surface area contributed by atoms with Gasteiger partial charge in [-0.3, -0.25) is 0 Å². The average Bonchev–Trinajstić information content (AvgIpc) is 2.27. The van der Waals surface area contributed by atoms with Crippen molar-refractivity contribution in [1.82, 2.24) is 9.97 Å². The first-order valence-corrected chi connectivity index (χ1v) is 5.79. The van der Waals surface area contributed by atoms with Crippen LogP contribution in [0.5, 0.6) is 5.88 Å². The standard InChI is InChI=1S/C11H17N3OS/c1-3-4-8(2)7-15-11-9(10(12)16)13-5-6-14-11/h5-6,8H,3-4,7H2,1-2H3,(H2,12,16). The van der Waals surface area contributed by atoms with Gasteiger partial charge in [-0.15, -0.1) is 0 Å². The van der Waals surface area contributed by atoms with E-state index in [1.807, 2.05) is 0 Å². The lowest BCUT2D eigenvalue weighted by atomic mass is 10.1. The molecule has 88 valence electrons. The van der Waals surface area contributed by atoms with E-state index < -0.39 is 0 Å². The van der Waals surface area contributed by atoms with Gasteiger partial charge in [0.15, 0.2) is 5.69 Å². The number of nitrogens with two attached hydrogens (primary N) is 1. The van der Waals surface area contributed by atoms with Crippen molar-refractivity contribution in [1.29, 1.82) is 0 Å². The Hall–Kier alpha value is -1.23. The zero-order valence-electron chi connectivity index (χ0n) is 9.64. The third-order valence-corrected chi connectivity index (χ3v) is 2.38. The fourth-order valence-corrected chi connectivity index (χ4v) is 1.54. The van der Waals surface area contributed by atoms with Crippen LogP contribution in [0, 0.1) is 5.92 Å². The number of nitrogens with zero attached hydrogens (tertiary/aromatic N) is 2. The molecule has 0 bridgehead atoms. The molecule has 5 heteroatoms. The quantitative estimate of drug-likeness (QED) is 0.769. The predicted octanol–water partition coefficient (Wildman–Crippen LogP) is 1.93. The Bertz CT molecular complexity index is 357. The molecular formula is C11H17N3OS. The maximum Gasteiger partial charge on any atom is 0.243 e. The van der Waals surface area contributed by atoms with E-state index >= 15 is 0 Å². The molecule has 1 aromatic heterocycles. The lowest BCUT2D eigenvalue weighted by molar-refractivity contribution is 0.241. The molecule has 0 aliphatic rings. The molecule has 1 aromatic rings. The molecule has 2 N–H and O–H groups in total. The average molecular weight is 239 g/mol. The minimum absolute atomic E-state index is 0.214. The van der Waals surface area contributed by atoms with Crippen molar-refractivity contribution in [3.8, 4) is 5.88 Å². The van der Waals surface area contributed by atoms with Gasteiger partial charge in [0.2, 0.25) is 5.88 Å². The van der Waals surface area contributed by atoms with E-state index in [0.29, 0.717) is 24.1 Å². The molecule has 0 saturated carbocycles. The highest BCUT2D eigenvalue weighted by molar-refractivity contribution is 7.80. The second-order valence-corrected chi connectivity index (χ2v) is 4.22. The van der Waals surface area contributed by atoms with Crippen molar-refractivity contribution in [2.24, 2.45) is 11.7 Å². The van der Waals surface area contributed by atoms with Gasteiger partial charge < -0.3 is 10.5 Å². The first-order valence-electron chi connectivity index (χ1n) is 5.38. The molecule has 1 atom stereocenters. The minimum Gasteiger partial charge on any atom is -0.476 e. The SMILES string of the molecule is CCCC(C)COc1nccnc1C(N)=S. The van der Waals surface area contributed by atoms with E-state index in [1.54, 1.807) is 12.4 Å². The monoisotopic (exact) mass is 239 g/mol. The molecule has 0 fully saturated rings. The molecule has 0 radical (unpaired) electrons. The van der Waals surface area contributed by atoms with Gasteiger partial charge in [-0.05, 0) is 12.3 Å². The number of aromatic nitrogens is 2. The molecule has 0 amide bonds. The van der Waals surface area contributed by atoms with Crippen molar-refractivity contribution < 1.29 is 4.74 Å². The molecule has 0 aliphatic carbocycles. The van der Waals surface area contributed by atoms with Crippen LogP contribution < -0.4 is 10.5 Å². The van der Waals surface area contributed by atoms with Crippen molar-refractivity contribution >= 4 is 17.2 Å². The van der Waals surface area contributed by atoms with E-state index in [2.05, 4.69) is 23.8 Å². The summed E-state index contributed by atoms with van der Waals surface area (Å²) in [6.45, 7) is 4.90. The number of rotatable bonds is 6. The van der Waals surface area contributed by atoms with E-state index in [-0.39, 0.29) is 4.99 Å². The first kappa shape index (κ1) is 12.8. The van der Waals surface area contributed by atoms with Gasteiger partial charge in [0.1, 0.15) is 4.99 Å². The van der Waals surface area contributed by atoms with E-state index in [0.717, 1.165) is 12.8 Å². The zero-order chi connectivity index (χ0) is 12.0. The molecule has 16 heavy (non-hydrogen) atoms.